The minimum atomic E-state index is -0.482. The fraction of sp³-hybridized carbons (Fsp3) is 0.350. The Morgan fingerprint density at radius 2 is 2.04 bits per heavy atom. The fourth-order valence-corrected chi connectivity index (χ4v) is 3.29. The van der Waals surface area contributed by atoms with Crippen molar-refractivity contribution in [1.82, 2.24) is 4.57 Å². The monoisotopic (exact) mass is 370 g/mol. The van der Waals surface area contributed by atoms with Crippen molar-refractivity contribution in [2.24, 2.45) is 0 Å². The van der Waals surface area contributed by atoms with Gasteiger partial charge < -0.3 is 19.4 Å². The zero-order chi connectivity index (χ0) is 19.4. The Hall–Kier alpha value is -3.09. The minimum absolute atomic E-state index is 0.155. The zero-order valence-electron chi connectivity index (χ0n) is 15.4. The zero-order valence-corrected chi connectivity index (χ0v) is 15.4. The summed E-state index contributed by atoms with van der Waals surface area (Å²) in [5.41, 5.74) is 1.72. The van der Waals surface area contributed by atoms with Gasteiger partial charge in [0, 0.05) is 24.0 Å². The van der Waals surface area contributed by atoms with E-state index < -0.39 is 5.97 Å². The normalized spacial score (nSPS) is 12.8. The number of aromatic nitrogens is 1. The molecule has 1 aliphatic rings. The number of amides is 1. The molecule has 1 amide bonds. The second-order valence-electron chi connectivity index (χ2n) is 6.24. The van der Waals surface area contributed by atoms with Crippen molar-refractivity contribution < 1.29 is 19.1 Å². The SMILES string of the molecule is CCOc1cc(=O)n2c(c1C(=O)Nc1cccc(C(=O)OC)c1)CCCC2. The number of hydrogen-bond donors (Lipinski definition) is 1. The van der Waals surface area contributed by atoms with E-state index in [-0.39, 0.29) is 17.2 Å². The lowest BCUT2D eigenvalue weighted by Gasteiger charge is -2.23. The van der Waals surface area contributed by atoms with E-state index in [2.05, 4.69) is 5.32 Å². The predicted octanol–water partition coefficient (Wildman–Crippen LogP) is 2.62. The first-order valence-corrected chi connectivity index (χ1v) is 8.94. The molecule has 0 radical (unpaired) electrons. The highest BCUT2D eigenvalue weighted by atomic mass is 16.5. The molecule has 1 aromatic heterocycles. The summed E-state index contributed by atoms with van der Waals surface area (Å²) in [4.78, 5) is 37.1. The van der Waals surface area contributed by atoms with E-state index >= 15 is 0 Å². The topological polar surface area (TPSA) is 86.6 Å². The third-order valence-electron chi connectivity index (χ3n) is 4.50. The number of rotatable bonds is 5. The molecule has 0 atom stereocenters. The van der Waals surface area contributed by atoms with Gasteiger partial charge in [0.15, 0.2) is 0 Å². The van der Waals surface area contributed by atoms with E-state index in [0.717, 1.165) is 12.8 Å². The second kappa shape index (κ2) is 8.07. The van der Waals surface area contributed by atoms with Crippen molar-refractivity contribution in [1.29, 1.82) is 0 Å². The number of hydrogen-bond acceptors (Lipinski definition) is 5. The molecule has 142 valence electrons. The van der Waals surface area contributed by atoms with E-state index in [4.69, 9.17) is 9.47 Å². The second-order valence-corrected chi connectivity index (χ2v) is 6.24. The number of carbonyl (C=O) groups excluding carboxylic acids is 2. The predicted molar refractivity (Wildman–Crippen MR) is 101 cm³/mol. The molecule has 2 heterocycles. The molecule has 0 saturated carbocycles. The number of esters is 1. The van der Waals surface area contributed by atoms with Crippen LogP contribution < -0.4 is 15.6 Å². The van der Waals surface area contributed by atoms with Crippen molar-refractivity contribution in [3.63, 3.8) is 0 Å². The fourth-order valence-electron chi connectivity index (χ4n) is 3.29. The minimum Gasteiger partial charge on any atom is -0.493 e. The van der Waals surface area contributed by atoms with Gasteiger partial charge >= 0.3 is 5.97 Å². The number of benzene rings is 1. The number of fused-ring (bicyclic) bond motifs is 1. The molecule has 0 saturated heterocycles. The van der Waals surface area contributed by atoms with Crippen molar-refractivity contribution in [3.05, 3.63) is 57.5 Å². The molecule has 0 fully saturated rings. The molecule has 1 aliphatic heterocycles. The third kappa shape index (κ3) is 3.86. The van der Waals surface area contributed by atoms with Crippen LogP contribution in [0.3, 0.4) is 0 Å². The lowest BCUT2D eigenvalue weighted by atomic mass is 10.0. The van der Waals surface area contributed by atoms with Crippen molar-refractivity contribution in [2.75, 3.05) is 19.0 Å². The highest BCUT2D eigenvalue weighted by Crippen LogP contribution is 2.26. The Kier molecular flexibility index (Phi) is 5.59. The molecule has 1 aromatic carbocycles. The average Bonchev–Trinajstić information content (AvgIpc) is 2.68. The van der Waals surface area contributed by atoms with Crippen LogP contribution in [0.4, 0.5) is 5.69 Å². The first-order chi connectivity index (χ1) is 13.0. The summed E-state index contributed by atoms with van der Waals surface area (Å²) >= 11 is 0. The van der Waals surface area contributed by atoms with Gasteiger partial charge in [-0.3, -0.25) is 9.59 Å². The summed E-state index contributed by atoms with van der Waals surface area (Å²) in [6.45, 7) is 2.75. The van der Waals surface area contributed by atoms with E-state index in [1.165, 1.54) is 13.2 Å². The standard InChI is InChI=1S/C20H22N2O5/c1-3-27-16-12-17(23)22-10-5-4-9-15(22)18(16)19(24)21-14-8-6-7-13(11-14)20(25)26-2/h6-8,11-12H,3-5,9-10H2,1-2H3,(H,21,24). The largest absolute Gasteiger partial charge is 0.493 e. The third-order valence-corrected chi connectivity index (χ3v) is 4.50. The number of anilines is 1. The Morgan fingerprint density at radius 1 is 1.22 bits per heavy atom. The maximum Gasteiger partial charge on any atom is 0.337 e. The summed E-state index contributed by atoms with van der Waals surface area (Å²) in [5, 5.41) is 2.80. The van der Waals surface area contributed by atoms with Gasteiger partial charge in [-0.15, -0.1) is 0 Å². The van der Waals surface area contributed by atoms with Crippen molar-refractivity contribution in [3.8, 4) is 5.75 Å². The van der Waals surface area contributed by atoms with Crippen LogP contribution in [0.5, 0.6) is 5.75 Å². The van der Waals surface area contributed by atoms with Gasteiger partial charge in [0.25, 0.3) is 11.5 Å². The Bertz CT molecular complexity index is 932. The first kappa shape index (κ1) is 18.7. The van der Waals surface area contributed by atoms with E-state index in [1.807, 2.05) is 0 Å². The number of carbonyl (C=O) groups is 2. The maximum absolute atomic E-state index is 13.0. The van der Waals surface area contributed by atoms with Crippen LogP contribution in [0.25, 0.3) is 0 Å². The first-order valence-electron chi connectivity index (χ1n) is 8.94. The molecule has 0 spiro atoms. The molecule has 7 nitrogen and oxygen atoms in total. The van der Waals surface area contributed by atoms with Crippen molar-refractivity contribution >= 4 is 17.6 Å². The number of nitrogens with zero attached hydrogens (tertiary/aromatic N) is 1. The van der Waals surface area contributed by atoms with Gasteiger partial charge in [0.1, 0.15) is 11.3 Å². The highest BCUT2D eigenvalue weighted by Gasteiger charge is 2.24. The lowest BCUT2D eigenvalue weighted by molar-refractivity contribution is 0.0600. The molecule has 0 bridgehead atoms. The highest BCUT2D eigenvalue weighted by molar-refractivity contribution is 6.07. The molecule has 7 heteroatoms. The summed E-state index contributed by atoms with van der Waals surface area (Å²) in [7, 11) is 1.30. The van der Waals surface area contributed by atoms with E-state index in [0.29, 0.717) is 42.1 Å². The Labute approximate surface area is 156 Å². The molecule has 27 heavy (non-hydrogen) atoms. The van der Waals surface area contributed by atoms with Crippen LogP contribution in [0, 0.1) is 0 Å². The number of methoxy groups -OCH3 is 1. The van der Waals surface area contributed by atoms with Gasteiger partial charge in [0.2, 0.25) is 0 Å². The van der Waals surface area contributed by atoms with Crippen LogP contribution in [-0.4, -0.2) is 30.2 Å². The lowest BCUT2D eigenvalue weighted by Crippen LogP contribution is -2.31. The molecule has 0 unspecified atom stereocenters. The average molecular weight is 370 g/mol. The molecule has 3 rings (SSSR count). The summed E-state index contributed by atoms with van der Waals surface area (Å²) in [5.74, 6) is -0.562. The van der Waals surface area contributed by atoms with E-state index in [9.17, 15) is 14.4 Å². The van der Waals surface area contributed by atoms with Crippen LogP contribution in [0.1, 0.15) is 46.2 Å². The Balaban J connectivity index is 1.99. The Morgan fingerprint density at radius 3 is 2.78 bits per heavy atom. The molecular weight excluding hydrogens is 348 g/mol. The molecule has 0 aliphatic carbocycles. The van der Waals surface area contributed by atoms with E-state index in [1.54, 1.807) is 35.8 Å². The van der Waals surface area contributed by atoms with Crippen LogP contribution in [-0.2, 0) is 17.7 Å². The number of ether oxygens (including phenoxy) is 2. The van der Waals surface area contributed by atoms with Crippen LogP contribution in [0.2, 0.25) is 0 Å². The van der Waals surface area contributed by atoms with Crippen molar-refractivity contribution in [2.45, 2.75) is 32.7 Å². The van der Waals surface area contributed by atoms with Crippen LogP contribution >= 0.6 is 0 Å². The van der Waals surface area contributed by atoms with Gasteiger partial charge in [0.05, 0.1) is 19.3 Å². The maximum atomic E-state index is 13.0. The van der Waals surface area contributed by atoms with Gasteiger partial charge in [-0.25, -0.2) is 4.79 Å². The molecular formula is C20H22N2O5. The van der Waals surface area contributed by atoms with Gasteiger partial charge in [-0.2, -0.15) is 0 Å². The summed E-state index contributed by atoms with van der Waals surface area (Å²) < 4.78 is 11.9. The summed E-state index contributed by atoms with van der Waals surface area (Å²) in [6.07, 6.45) is 2.46. The molecule has 1 N–H and O–H groups in total. The summed E-state index contributed by atoms with van der Waals surface area (Å²) in [6, 6.07) is 7.88. The number of nitrogens with one attached hydrogen (secondary N) is 1. The number of pyridine rings is 1. The van der Waals surface area contributed by atoms with Crippen LogP contribution in [0.15, 0.2) is 35.1 Å². The smallest absolute Gasteiger partial charge is 0.337 e. The van der Waals surface area contributed by atoms with Gasteiger partial charge in [-0.1, -0.05) is 6.07 Å². The molecule has 2 aromatic rings. The quantitative estimate of drug-likeness (QED) is 0.818. The van der Waals surface area contributed by atoms with Gasteiger partial charge in [-0.05, 0) is 44.4 Å².